The summed E-state index contributed by atoms with van der Waals surface area (Å²) in [7, 11) is 0. The first kappa shape index (κ1) is 15.3. The minimum absolute atomic E-state index is 0.0937. The van der Waals surface area contributed by atoms with Crippen LogP contribution in [-0.4, -0.2) is 41.3 Å². The molecule has 96 valence electrons. The molecule has 0 aliphatic heterocycles. The third-order valence-electron chi connectivity index (χ3n) is 2.14. The Morgan fingerprint density at radius 1 is 1.35 bits per heavy atom. The average molecular weight is 242 g/mol. The van der Waals surface area contributed by atoms with Crippen LogP contribution in [-0.2, 0) is 9.59 Å². The van der Waals surface area contributed by atoms with Gasteiger partial charge in [0.05, 0.1) is 6.61 Å². The maximum Gasteiger partial charge on any atom is 0.326 e. The van der Waals surface area contributed by atoms with Gasteiger partial charge in [-0.05, 0) is 19.3 Å². The van der Waals surface area contributed by atoms with E-state index in [1.165, 1.54) is 0 Å². The van der Waals surface area contributed by atoms with Crippen molar-refractivity contribution in [1.82, 2.24) is 10.6 Å². The zero-order valence-electron chi connectivity index (χ0n) is 9.61. The summed E-state index contributed by atoms with van der Waals surface area (Å²) < 4.78 is 0. The summed E-state index contributed by atoms with van der Waals surface area (Å²) in [6.45, 7) is 0.306. The van der Waals surface area contributed by atoms with E-state index >= 15 is 0 Å². The van der Waals surface area contributed by atoms with Crippen molar-refractivity contribution in [1.29, 1.82) is 0 Å². The lowest BCUT2D eigenvalue weighted by molar-refractivity contribution is -0.139. The van der Waals surface area contributed by atoms with Crippen molar-refractivity contribution in [3.63, 3.8) is 0 Å². The highest BCUT2D eigenvalue weighted by Crippen LogP contribution is 2.00. The fraction of sp³-hybridized carbons (Fsp3) is 0.636. The normalized spacial score (nSPS) is 11.3. The number of aliphatic carboxylic acids is 1. The molecular formula is C11H18N2O4. The fourth-order valence-corrected chi connectivity index (χ4v) is 1.25. The first-order valence-corrected chi connectivity index (χ1v) is 5.43. The standard InChI is InChI=1S/C11H18N2O4/c1-2-12-9(11(16)17)5-3-4-7-13-10(15)6-8-14/h1,9,12,14H,3-8H2,(H,13,15)(H,16,17)/t9-/m1/s1. The topological polar surface area (TPSA) is 98.7 Å². The molecule has 6 heteroatoms. The number of carbonyl (C=O) groups excluding carboxylic acids is 1. The summed E-state index contributed by atoms with van der Waals surface area (Å²) in [6, 6.07) is 1.35. The molecule has 4 N–H and O–H groups in total. The average Bonchev–Trinajstić information content (AvgIpc) is 2.27. The maximum absolute atomic E-state index is 10.9. The number of rotatable bonds is 9. The second kappa shape index (κ2) is 9.48. The van der Waals surface area contributed by atoms with Crippen LogP contribution in [0.3, 0.4) is 0 Å². The van der Waals surface area contributed by atoms with Crippen LogP contribution in [0.2, 0.25) is 0 Å². The van der Waals surface area contributed by atoms with Crippen LogP contribution in [0, 0.1) is 12.5 Å². The zero-order chi connectivity index (χ0) is 13.1. The van der Waals surface area contributed by atoms with Crippen molar-refractivity contribution >= 4 is 11.9 Å². The molecule has 0 unspecified atom stereocenters. The Morgan fingerprint density at radius 2 is 2.06 bits per heavy atom. The minimum atomic E-state index is -0.979. The Labute approximate surface area is 100 Å². The van der Waals surface area contributed by atoms with Crippen LogP contribution in [0.5, 0.6) is 0 Å². The van der Waals surface area contributed by atoms with Crippen LogP contribution in [0.25, 0.3) is 0 Å². The van der Waals surface area contributed by atoms with Crippen molar-refractivity contribution in [2.45, 2.75) is 31.7 Å². The predicted octanol–water partition coefficient (Wildman–Crippen LogP) is -0.711. The van der Waals surface area contributed by atoms with E-state index in [9.17, 15) is 9.59 Å². The minimum Gasteiger partial charge on any atom is -0.480 e. The van der Waals surface area contributed by atoms with Gasteiger partial charge in [0.2, 0.25) is 5.91 Å². The molecule has 0 saturated heterocycles. The van der Waals surface area contributed by atoms with Gasteiger partial charge in [-0.3, -0.25) is 4.79 Å². The van der Waals surface area contributed by atoms with E-state index in [0.717, 1.165) is 0 Å². The smallest absolute Gasteiger partial charge is 0.326 e. The van der Waals surface area contributed by atoms with Crippen molar-refractivity contribution in [2.24, 2.45) is 0 Å². The van der Waals surface area contributed by atoms with Gasteiger partial charge in [0.15, 0.2) is 0 Å². The molecule has 1 amide bonds. The Morgan fingerprint density at radius 3 is 2.59 bits per heavy atom. The highest BCUT2D eigenvalue weighted by atomic mass is 16.4. The Bertz CT molecular complexity index is 286. The lowest BCUT2D eigenvalue weighted by Crippen LogP contribution is -2.33. The second-order valence-corrected chi connectivity index (χ2v) is 3.50. The first-order valence-electron chi connectivity index (χ1n) is 5.43. The lowest BCUT2D eigenvalue weighted by atomic mass is 10.1. The van der Waals surface area contributed by atoms with E-state index in [1.54, 1.807) is 0 Å². The summed E-state index contributed by atoms with van der Waals surface area (Å²) in [5, 5.41) is 22.3. The highest BCUT2D eigenvalue weighted by Gasteiger charge is 2.14. The number of unbranched alkanes of at least 4 members (excludes halogenated alkanes) is 1. The van der Waals surface area contributed by atoms with E-state index in [0.29, 0.717) is 25.8 Å². The number of carboxylic acids is 1. The molecule has 0 heterocycles. The molecule has 17 heavy (non-hydrogen) atoms. The van der Waals surface area contributed by atoms with Gasteiger partial charge in [-0.25, -0.2) is 4.79 Å². The van der Waals surface area contributed by atoms with E-state index < -0.39 is 12.0 Å². The zero-order valence-corrected chi connectivity index (χ0v) is 9.61. The molecule has 0 aromatic rings. The first-order chi connectivity index (χ1) is 8.11. The van der Waals surface area contributed by atoms with Gasteiger partial charge in [-0.15, -0.1) is 0 Å². The molecule has 6 nitrogen and oxygen atoms in total. The van der Waals surface area contributed by atoms with Gasteiger partial charge < -0.3 is 20.8 Å². The van der Waals surface area contributed by atoms with E-state index in [1.807, 2.05) is 0 Å². The molecule has 0 radical (unpaired) electrons. The largest absolute Gasteiger partial charge is 0.480 e. The lowest BCUT2D eigenvalue weighted by Gasteiger charge is -2.10. The van der Waals surface area contributed by atoms with E-state index in [-0.39, 0.29) is 18.9 Å². The van der Waals surface area contributed by atoms with Crippen LogP contribution < -0.4 is 10.6 Å². The summed E-state index contributed by atoms with van der Waals surface area (Å²) in [5.41, 5.74) is 0. The molecule has 0 spiro atoms. The molecule has 0 aliphatic carbocycles. The number of nitrogens with one attached hydrogen (secondary N) is 2. The van der Waals surface area contributed by atoms with Gasteiger partial charge in [0, 0.05) is 19.0 Å². The number of hydrogen-bond donors (Lipinski definition) is 4. The number of aliphatic hydroxyl groups excluding tert-OH is 1. The molecular weight excluding hydrogens is 224 g/mol. The van der Waals surface area contributed by atoms with Crippen molar-refractivity contribution < 1.29 is 19.8 Å². The number of terminal acetylenes is 1. The summed E-state index contributed by atoms with van der Waals surface area (Å²) in [5.74, 6) is -1.18. The number of amides is 1. The second-order valence-electron chi connectivity index (χ2n) is 3.50. The quantitative estimate of drug-likeness (QED) is 0.243. The van der Waals surface area contributed by atoms with Gasteiger partial charge >= 0.3 is 5.97 Å². The maximum atomic E-state index is 10.9. The van der Waals surface area contributed by atoms with E-state index in [2.05, 4.69) is 16.7 Å². The van der Waals surface area contributed by atoms with E-state index in [4.69, 9.17) is 16.6 Å². The van der Waals surface area contributed by atoms with Crippen molar-refractivity contribution in [2.75, 3.05) is 13.2 Å². The number of hydrogen-bond acceptors (Lipinski definition) is 4. The fourth-order valence-electron chi connectivity index (χ4n) is 1.25. The number of aliphatic hydroxyl groups is 1. The molecule has 0 rings (SSSR count). The number of carboxylic acid groups (broad SMARTS) is 1. The molecule has 0 bridgehead atoms. The number of carbonyl (C=O) groups is 2. The van der Waals surface area contributed by atoms with Crippen molar-refractivity contribution in [3.8, 4) is 12.5 Å². The molecule has 0 saturated carbocycles. The molecule has 0 aliphatic rings. The van der Waals surface area contributed by atoms with Gasteiger partial charge in [-0.1, -0.05) is 6.42 Å². The van der Waals surface area contributed by atoms with Crippen LogP contribution in [0.15, 0.2) is 0 Å². The Balaban J connectivity index is 3.59. The van der Waals surface area contributed by atoms with Crippen LogP contribution in [0.4, 0.5) is 0 Å². The summed E-state index contributed by atoms with van der Waals surface area (Å²) in [4.78, 5) is 21.6. The highest BCUT2D eigenvalue weighted by molar-refractivity contribution is 5.75. The summed E-state index contributed by atoms with van der Waals surface area (Å²) in [6.07, 6.45) is 6.79. The molecule has 0 aromatic heterocycles. The van der Waals surface area contributed by atoms with Crippen LogP contribution >= 0.6 is 0 Å². The predicted molar refractivity (Wildman–Crippen MR) is 62.0 cm³/mol. The molecule has 0 aromatic carbocycles. The van der Waals surface area contributed by atoms with Gasteiger partial charge in [0.1, 0.15) is 6.04 Å². The molecule has 0 fully saturated rings. The van der Waals surface area contributed by atoms with Gasteiger partial charge in [-0.2, -0.15) is 0 Å². The van der Waals surface area contributed by atoms with Gasteiger partial charge in [0.25, 0.3) is 0 Å². The SMILES string of the molecule is C#CN[C@H](CCCCNC(=O)CCO)C(=O)O. The third kappa shape index (κ3) is 8.11. The Hall–Kier alpha value is -1.74. The van der Waals surface area contributed by atoms with Crippen LogP contribution in [0.1, 0.15) is 25.7 Å². The third-order valence-corrected chi connectivity index (χ3v) is 2.14. The summed E-state index contributed by atoms with van der Waals surface area (Å²) >= 11 is 0. The monoisotopic (exact) mass is 242 g/mol. The Kier molecular flexibility index (Phi) is 8.51. The van der Waals surface area contributed by atoms with Crippen molar-refractivity contribution in [3.05, 3.63) is 0 Å². The molecule has 1 atom stereocenters.